The summed E-state index contributed by atoms with van der Waals surface area (Å²) in [5, 5.41) is 2.96. The maximum atomic E-state index is 12.5. The molecule has 0 spiro atoms. The third kappa shape index (κ3) is 3.48. The van der Waals surface area contributed by atoms with Crippen molar-refractivity contribution in [3.8, 4) is 0 Å². The number of carbonyl (C=O) groups is 2. The lowest BCUT2D eigenvalue weighted by atomic mass is 9.85. The Morgan fingerprint density at radius 1 is 1.42 bits per heavy atom. The molecule has 2 fully saturated rings. The van der Waals surface area contributed by atoms with E-state index >= 15 is 0 Å². The third-order valence-corrected chi connectivity index (χ3v) is 5.37. The quantitative estimate of drug-likeness (QED) is 0.836. The molecular weight excluding hydrogens is 308 g/mol. The van der Waals surface area contributed by atoms with Gasteiger partial charge in [0.05, 0.1) is 26.0 Å². The highest BCUT2D eigenvalue weighted by Gasteiger charge is 2.46. The Kier molecular flexibility index (Phi) is 5.23. The lowest BCUT2D eigenvalue weighted by molar-refractivity contribution is -0.146. The molecule has 3 rings (SSSR count). The van der Waals surface area contributed by atoms with Crippen molar-refractivity contribution >= 4 is 11.9 Å². The van der Waals surface area contributed by atoms with Crippen LogP contribution in [0.1, 0.15) is 50.8 Å². The average molecular weight is 334 g/mol. The molecule has 2 heterocycles. The number of nitrogens with one attached hydrogen (secondary N) is 1. The second kappa shape index (κ2) is 7.38. The molecule has 1 aromatic heterocycles. The monoisotopic (exact) mass is 334 g/mol. The molecule has 0 unspecified atom stereocenters. The van der Waals surface area contributed by atoms with E-state index in [9.17, 15) is 9.59 Å². The first kappa shape index (κ1) is 17.0. The van der Waals surface area contributed by atoms with Crippen LogP contribution in [-0.2, 0) is 14.3 Å². The molecule has 6 nitrogen and oxygen atoms in total. The number of methoxy groups -OCH3 is 1. The zero-order valence-corrected chi connectivity index (χ0v) is 14.4. The predicted octanol–water partition coefficient (Wildman–Crippen LogP) is 2.26. The van der Waals surface area contributed by atoms with Crippen LogP contribution in [0.25, 0.3) is 0 Å². The van der Waals surface area contributed by atoms with Gasteiger partial charge >= 0.3 is 5.97 Å². The zero-order chi connectivity index (χ0) is 17.1. The number of furan rings is 1. The van der Waals surface area contributed by atoms with E-state index in [-0.39, 0.29) is 30.5 Å². The number of hydrogen-bond donors (Lipinski definition) is 1. The smallest absolute Gasteiger partial charge is 0.323 e. The Balaban J connectivity index is 1.65. The molecule has 4 atom stereocenters. The Morgan fingerprint density at radius 3 is 2.92 bits per heavy atom. The number of carbonyl (C=O) groups excluding carboxylic acids is 2. The number of likely N-dealkylation sites (tertiary alicyclic amines) is 1. The van der Waals surface area contributed by atoms with Crippen molar-refractivity contribution in [2.75, 3.05) is 13.7 Å². The molecule has 1 aliphatic heterocycles. The zero-order valence-electron chi connectivity index (χ0n) is 14.4. The fourth-order valence-electron chi connectivity index (χ4n) is 4.21. The summed E-state index contributed by atoms with van der Waals surface area (Å²) >= 11 is 0. The molecule has 132 valence electrons. The van der Waals surface area contributed by atoms with Gasteiger partial charge in [0.1, 0.15) is 11.8 Å². The van der Waals surface area contributed by atoms with Gasteiger partial charge in [0.15, 0.2) is 0 Å². The second-order valence-electron chi connectivity index (χ2n) is 6.86. The number of rotatable bonds is 5. The molecule has 0 radical (unpaired) electrons. The summed E-state index contributed by atoms with van der Waals surface area (Å²) in [5.74, 6) is 0.915. The van der Waals surface area contributed by atoms with E-state index in [1.165, 1.54) is 13.5 Å². The standard InChI is InChI=1S/C18H26N2O4/c1-12(16-8-5-9-24-16)19-17(21)11-20-14-7-4-3-6-13(14)10-15(20)18(22)23-2/h5,8-9,12-15H,3-4,6-7,10-11H2,1-2H3,(H,19,21)/t12-,13+,14+,15+/m1/s1. The number of nitrogens with zero attached hydrogens (tertiary/aromatic N) is 1. The molecule has 1 amide bonds. The minimum absolute atomic E-state index is 0.0842. The van der Waals surface area contributed by atoms with Crippen molar-refractivity contribution in [1.82, 2.24) is 10.2 Å². The molecule has 1 N–H and O–H groups in total. The highest BCUT2D eigenvalue weighted by molar-refractivity contribution is 5.81. The Hall–Kier alpha value is -1.82. The van der Waals surface area contributed by atoms with E-state index in [0.29, 0.717) is 12.0 Å². The molecule has 1 saturated carbocycles. The van der Waals surface area contributed by atoms with Crippen LogP contribution >= 0.6 is 0 Å². The number of amides is 1. The van der Waals surface area contributed by atoms with E-state index in [0.717, 1.165) is 31.4 Å². The predicted molar refractivity (Wildman–Crippen MR) is 88.1 cm³/mol. The van der Waals surface area contributed by atoms with E-state index in [4.69, 9.17) is 9.15 Å². The van der Waals surface area contributed by atoms with Crippen LogP contribution in [0.4, 0.5) is 0 Å². The first-order valence-corrected chi connectivity index (χ1v) is 8.76. The maximum absolute atomic E-state index is 12.5. The third-order valence-electron chi connectivity index (χ3n) is 5.37. The van der Waals surface area contributed by atoms with E-state index < -0.39 is 0 Å². The Morgan fingerprint density at radius 2 is 2.21 bits per heavy atom. The number of esters is 1. The topological polar surface area (TPSA) is 71.8 Å². The van der Waals surface area contributed by atoms with Crippen molar-refractivity contribution < 1.29 is 18.7 Å². The normalized spacial score (nSPS) is 28.2. The molecule has 0 aromatic carbocycles. The maximum Gasteiger partial charge on any atom is 0.323 e. The van der Waals surface area contributed by atoms with Gasteiger partial charge in [-0.1, -0.05) is 12.8 Å². The van der Waals surface area contributed by atoms with Crippen LogP contribution in [-0.4, -0.2) is 42.5 Å². The SMILES string of the molecule is COC(=O)[C@@H]1C[C@@H]2CCCC[C@@H]2N1CC(=O)N[C@H](C)c1ccco1. The van der Waals surface area contributed by atoms with Crippen molar-refractivity contribution in [3.05, 3.63) is 24.2 Å². The summed E-state index contributed by atoms with van der Waals surface area (Å²) in [5.41, 5.74) is 0. The van der Waals surface area contributed by atoms with Crippen LogP contribution in [0.2, 0.25) is 0 Å². The lowest BCUT2D eigenvalue weighted by Gasteiger charge is -2.32. The summed E-state index contributed by atoms with van der Waals surface area (Å²) in [6.45, 7) is 2.12. The van der Waals surface area contributed by atoms with Crippen LogP contribution in [0.3, 0.4) is 0 Å². The average Bonchev–Trinajstić information content (AvgIpc) is 3.22. The van der Waals surface area contributed by atoms with E-state index in [1.807, 2.05) is 13.0 Å². The molecule has 1 aliphatic carbocycles. The largest absolute Gasteiger partial charge is 0.468 e. The van der Waals surface area contributed by atoms with Gasteiger partial charge in [-0.25, -0.2) is 0 Å². The first-order valence-electron chi connectivity index (χ1n) is 8.76. The van der Waals surface area contributed by atoms with Crippen molar-refractivity contribution in [1.29, 1.82) is 0 Å². The van der Waals surface area contributed by atoms with Gasteiger partial charge in [-0.3, -0.25) is 14.5 Å². The fourth-order valence-corrected chi connectivity index (χ4v) is 4.21. The summed E-state index contributed by atoms with van der Waals surface area (Å²) in [6, 6.07) is 3.47. The summed E-state index contributed by atoms with van der Waals surface area (Å²) in [7, 11) is 1.42. The van der Waals surface area contributed by atoms with Gasteiger partial charge in [0, 0.05) is 6.04 Å². The van der Waals surface area contributed by atoms with Gasteiger partial charge < -0.3 is 14.5 Å². The van der Waals surface area contributed by atoms with Crippen molar-refractivity contribution in [2.24, 2.45) is 5.92 Å². The Labute approximate surface area is 142 Å². The van der Waals surface area contributed by atoms with Gasteiger partial charge in [-0.05, 0) is 44.2 Å². The van der Waals surface area contributed by atoms with Crippen LogP contribution in [0.15, 0.2) is 22.8 Å². The molecule has 6 heteroatoms. The van der Waals surface area contributed by atoms with Gasteiger partial charge in [-0.2, -0.15) is 0 Å². The number of hydrogen-bond acceptors (Lipinski definition) is 5. The highest BCUT2D eigenvalue weighted by Crippen LogP contribution is 2.39. The number of fused-ring (bicyclic) bond motifs is 1. The minimum atomic E-state index is -0.298. The Bertz CT molecular complexity index is 572. The molecule has 24 heavy (non-hydrogen) atoms. The van der Waals surface area contributed by atoms with E-state index in [2.05, 4.69) is 10.2 Å². The number of ether oxygens (including phenoxy) is 1. The summed E-state index contributed by atoms with van der Waals surface area (Å²) in [6.07, 6.45) is 6.97. The summed E-state index contributed by atoms with van der Waals surface area (Å²) in [4.78, 5) is 26.7. The molecular formula is C18H26N2O4. The van der Waals surface area contributed by atoms with Gasteiger partial charge in [0.2, 0.25) is 5.91 Å². The van der Waals surface area contributed by atoms with E-state index in [1.54, 1.807) is 12.3 Å². The molecule has 1 aromatic rings. The first-order chi connectivity index (χ1) is 11.6. The van der Waals surface area contributed by atoms with Gasteiger partial charge in [0.25, 0.3) is 0 Å². The fraction of sp³-hybridized carbons (Fsp3) is 0.667. The second-order valence-corrected chi connectivity index (χ2v) is 6.86. The van der Waals surface area contributed by atoms with Crippen LogP contribution in [0, 0.1) is 5.92 Å². The van der Waals surface area contributed by atoms with Crippen LogP contribution in [0.5, 0.6) is 0 Å². The van der Waals surface area contributed by atoms with Crippen LogP contribution < -0.4 is 5.32 Å². The molecule has 0 bridgehead atoms. The summed E-state index contributed by atoms with van der Waals surface area (Å²) < 4.78 is 10.3. The minimum Gasteiger partial charge on any atom is -0.468 e. The lowest BCUT2D eigenvalue weighted by Crippen LogP contribution is -2.48. The van der Waals surface area contributed by atoms with Crippen molar-refractivity contribution in [2.45, 2.75) is 57.2 Å². The molecule has 1 saturated heterocycles. The van der Waals surface area contributed by atoms with Gasteiger partial charge in [-0.15, -0.1) is 0 Å². The molecule has 2 aliphatic rings. The van der Waals surface area contributed by atoms with Crippen molar-refractivity contribution in [3.63, 3.8) is 0 Å². The highest BCUT2D eigenvalue weighted by atomic mass is 16.5.